The highest BCUT2D eigenvalue weighted by Crippen LogP contribution is 2.08. The number of rotatable bonds is 1. The van der Waals surface area contributed by atoms with E-state index in [4.69, 9.17) is 4.89 Å². The molecule has 1 atom stereocenters. The van der Waals surface area contributed by atoms with E-state index in [1.165, 1.54) is 0 Å². The van der Waals surface area contributed by atoms with E-state index in [9.17, 15) is 4.57 Å². The number of hydrogen-bond donors (Lipinski definition) is 1. The highest BCUT2D eigenvalue weighted by Gasteiger charge is 1.76. The molecule has 0 aromatic heterocycles. The molecule has 44 valence electrons. The van der Waals surface area contributed by atoms with Gasteiger partial charge in [0.25, 0.3) is 0 Å². The van der Waals surface area contributed by atoms with Crippen LogP contribution in [0.5, 0.6) is 0 Å². The van der Waals surface area contributed by atoms with Crippen molar-refractivity contribution in [3.63, 3.8) is 0 Å². The first-order valence-electron chi connectivity index (χ1n) is 1.99. The van der Waals surface area contributed by atoms with Crippen LogP contribution < -0.4 is 0 Å². The van der Waals surface area contributed by atoms with E-state index in [0.29, 0.717) is 6.16 Å². The Morgan fingerprint density at radius 2 is 1.86 bits per heavy atom. The zero-order chi connectivity index (χ0) is 6.28. The standard InChI is InChI=1S/C2H7O2P.C2H4/c1-2-5(3)4;1-2/h5H,2H2,1H3,(H,3,4);1-2H2. The van der Waals surface area contributed by atoms with Crippen LogP contribution in [0.2, 0.25) is 0 Å². The number of hydrogen-bond acceptors (Lipinski definition) is 1. The Labute approximate surface area is 44.7 Å². The second-order valence-electron chi connectivity index (χ2n) is 0.747. The van der Waals surface area contributed by atoms with Crippen molar-refractivity contribution in [2.75, 3.05) is 6.16 Å². The van der Waals surface area contributed by atoms with Crippen molar-refractivity contribution in [2.24, 2.45) is 0 Å². The van der Waals surface area contributed by atoms with Crippen molar-refractivity contribution in [1.82, 2.24) is 0 Å². The molecule has 0 aliphatic carbocycles. The molecule has 0 aliphatic rings. The van der Waals surface area contributed by atoms with Crippen molar-refractivity contribution in [3.05, 3.63) is 13.2 Å². The molecule has 0 rings (SSSR count). The molecule has 0 radical (unpaired) electrons. The van der Waals surface area contributed by atoms with Gasteiger partial charge < -0.3 is 4.89 Å². The molecule has 7 heavy (non-hydrogen) atoms. The third kappa shape index (κ3) is 24.6. The van der Waals surface area contributed by atoms with Gasteiger partial charge in [-0.1, -0.05) is 6.92 Å². The van der Waals surface area contributed by atoms with Crippen LogP contribution in [-0.2, 0) is 4.57 Å². The van der Waals surface area contributed by atoms with Gasteiger partial charge in [-0.25, -0.2) is 0 Å². The first kappa shape index (κ1) is 10.0. The van der Waals surface area contributed by atoms with Gasteiger partial charge in [-0.05, 0) is 0 Å². The lowest BCUT2D eigenvalue weighted by Gasteiger charge is -1.74. The van der Waals surface area contributed by atoms with Gasteiger partial charge in [0.1, 0.15) is 0 Å². The molecule has 2 nitrogen and oxygen atoms in total. The fourth-order valence-electron chi connectivity index (χ4n) is 0. The first-order chi connectivity index (χ1) is 3.27. The van der Waals surface area contributed by atoms with Crippen LogP contribution in [0.1, 0.15) is 6.92 Å². The summed E-state index contributed by atoms with van der Waals surface area (Å²) in [5.74, 6) is 0. The van der Waals surface area contributed by atoms with Gasteiger partial charge in [-0.2, -0.15) is 0 Å². The Hall–Kier alpha value is -0.0700. The highest BCUT2D eigenvalue weighted by atomic mass is 31.1. The molecular formula is C4H11O2P. The quantitative estimate of drug-likeness (QED) is 0.420. The first-order valence-corrected chi connectivity index (χ1v) is 3.55. The van der Waals surface area contributed by atoms with E-state index in [-0.39, 0.29) is 0 Å². The third-order valence-corrected chi connectivity index (χ3v) is 0.907. The fourth-order valence-corrected chi connectivity index (χ4v) is 0. The molecule has 0 amide bonds. The Bertz CT molecular complexity index is 53.7. The molecule has 0 aliphatic heterocycles. The Kier molecular flexibility index (Phi) is 13.4. The molecule has 0 saturated heterocycles. The van der Waals surface area contributed by atoms with Crippen molar-refractivity contribution >= 4 is 8.03 Å². The van der Waals surface area contributed by atoms with Gasteiger partial charge in [-0.15, -0.1) is 13.2 Å². The van der Waals surface area contributed by atoms with Crippen LogP contribution in [0.4, 0.5) is 0 Å². The SMILES string of the molecule is C=C.CC[PH](=O)O. The summed E-state index contributed by atoms with van der Waals surface area (Å²) in [6.45, 7) is 7.68. The summed E-state index contributed by atoms with van der Waals surface area (Å²) >= 11 is 0. The average Bonchev–Trinajstić information content (AvgIpc) is 1.73. The summed E-state index contributed by atoms with van der Waals surface area (Å²) in [5, 5.41) is 0. The summed E-state index contributed by atoms with van der Waals surface area (Å²) in [7, 11) is -2.12. The van der Waals surface area contributed by atoms with Gasteiger partial charge in [0.05, 0.1) is 0 Å². The lowest BCUT2D eigenvalue weighted by molar-refractivity contribution is 0.504. The molecule has 1 unspecified atom stereocenters. The van der Waals surface area contributed by atoms with Gasteiger partial charge in [0, 0.05) is 6.16 Å². The average molecular weight is 122 g/mol. The van der Waals surface area contributed by atoms with Crippen molar-refractivity contribution in [3.8, 4) is 0 Å². The van der Waals surface area contributed by atoms with E-state index in [0.717, 1.165) is 0 Å². The summed E-state index contributed by atoms with van der Waals surface area (Å²) in [5.41, 5.74) is 0. The van der Waals surface area contributed by atoms with E-state index in [2.05, 4.69) is 13.2 Å². The van der Waals surface area contributed by atoms with Crippen molar-refractivity contribution in [2.45, 2.75) is 6.92 Å². The predicted octanol–water partition coefficient (Wildman–Crippen LogP) is 1.28. The lowest BCUT2D eigenvalue weighted by Crippen LogP contribution is -1.56. The molecule has 0 aromatic carbocycles. The molecule has 1 N–H and O–H groups in total. The minimum absolute atomic E-state index is 0.407. The largest absolute Gasteiger partial charge is 0.346 e. The summed E-state index contributed by atoms with van der Waals surface area (Å²) < 4.78 is 9.55. The molecule has 3 heteroatoms. The van der Waals surface area contributed by atoms with Crippen molar-refractivity contribution < 1.29 is 9.46 Å². The molecular weight excluding hydrogens is 111 g/mol. The van der Waals surface area contributed by atoms with Crippen LogP contribution >= 0.6 is 8.03 Å². The van der Waals surface area contributed by atoms with Crippen molar-refractivity contribution in [1.29, 1.82) is 0 Å². The topological polar surface area (TPSA) is 37.3 Å². The van der Waals surface area contributed by atoms with Gasteiger partial charge >= 0.3 is 0 Å². The Balaban J connectivity index is 0. The Morgan fingerprint density at radius 3 is 1.86 bits per heavy atom. The zero-order valence-electron chi connectivity index (χ0n) is 4.48. The molecule has 0 fully saturated rings. The lowest BCUT2D eigenvalue weighted by atomic mass is 11.0. The minimum atomic E-state index is -2.12. The summed E-state index contributed by atoms with van der Waals surface area (Å²) in [6.07, 6.45) is 0.407. The molecule has 0 spiro atoms. The van der Waals surface area contributed by atoms with E-state index in [1.54, 1.807) is 6.92 Å². The van der Waals surface area contributed by atoms with Gasteiger partial charge in [0.15, 0.2) is 8.03 Å². The highest BCUT2D eigenvalue weighted by molar-refractivity contribution is 7.37. The monoisotopic (exact) mass is 122 g/mol. The van der Waals surface area contributed by atoms with Crippen LogP contribution in [0.15, 0.2) is 13.2 Å². The molecule has 0 bridgehead atoms. The fraction of sp³-hybridized carbons (Fsp3) is 0.500. The van der Waals surface area contributed by atoms with Gasteiger partial charge in [-0.3, -0.25) is 4.57 Å². The maximum Gasteiger partial charge on any atom is 0.188 e. The van der Waals surface area contributed by atoms with E-state index in [1.807, 2.05) is 0 Å². The maximum atomic E-state index is 9.55. The second kappa shape index (κ2) is 9.33. The minimum Gasteiger partial charge on any atom is -0.346 e. The van der Waals surface area contributed by atoms with Crippen LogP contribution in [0.25, 0.3) is 0 Å². The normalized spacial score (nSPS) is 11.1. The molecule has 0 aromatic rings. The predicted molar refractivity (Wildman–Crippen MR) is 33.0 cm³/mol. The second-order valence-corrected chi connectivity index (χ2v) is 2.24. The smallest absolute Gasteiger partial charge is 0.188 e. The summed E-state index contributed by atoms with van der Waals surface area (Å²) in [4.78, 5) is 7.91. The Morgan fingerprint density at radius 1 is 1.71 bits per heavy atom. The summed E-state index contributed by atoms with van der Waals surface area (Å²) in [6, 6.07) is 0. The van der Waals surface area contributed by atoms with Crippen LogP contribution in [0, 0.1) is 0 Å². The molecule has 0 heterocycles. The molecule has 0 saturated carbocycles. The third-order valence-electron chi connectivity index (χ3n) is 0.302. The van der Waals surface area contributed by atoms with Gasteiger partial charge in [0.2, 0.25) is 0 Å². The van der Waals surface area contributed by atoms with E-state index >= 15 is 0 Å². The zero-order valence-corrected chi connectivity index (χ0v) is 5.48. The van der Waals surface area contributed by atoms with Crippen LogP contribution in [0.3, 0.4) is 0 Å². The van der Waals surface area contributed by atoms with Crippen LogP contribution in [-0.4, -0.2) is 11.1 Å². The maximum absolute atomic E-state index is 9.55. The van der Waals surface area contributed by atoms with E-state index < -0.39 is 8.03 Å².